The second-order valence-corrected chi connectivity index (χ2v) is 5.93. The van der Waals surface area contributed by atoms with Crippen LogP contribution in [-0.2, 0) is 17.7 Å². The van der Waals surface area contributed by atoms with E-state index in [-0.39, 0.29) is 18.1 Å². The lowest BCUT2D eigenvalue weighted by Gasteiger charge is -2.25. The number of aromatic nitrogens is 4. The van der Waals surface area contributed by atoms with Gasteiger partial charge < -0.3 is 14.6 Å². The fourth-order valence-electron chi connectivity index (χ4n) is 2.87. The Morgan fingerprint density at radius 2 is 2.27 bits per heavy atom. The van der Waals surface area contributed by atoms with Gasteiger partial charge in [-0.3, -0.25) is 9.89 Å². The Labute approximate surface area is 129 Å². The largest absolute Gasteiger partial charge is 0.369 e. The Balaban J connectivity index is 1.80. The number of fused-ring (bicyclic) bond motifs is 1. The van der Waals surface area contributed by atoms with Crippen molar-refractivity contribution in [3.05, 3.63) is 34.7 Å². The third kappa shape index (κ3) is 2.64. The van der Waals surface area contributed by atoms with E-state index >= 15 is 0 Å². The number of ether oxygens (including phenoxy) is 1. The third-order valence-electron chi connectivity index (χ3n) is 3.93. The van der Waals surface area contributed by atoms with Crippen molar-refractivity contribution < 1.29 is 9.53 Å². The number of aryl methyl sites for hydroxylation is 1. The minimum Gasteiger partial charge on any atom is -0.369 e. The van der Waals surface area contributed by atoms with E-state index in [1.54, 1.807) is 18.1 Å². The molecule has 0 aromatic carbocycles. The van der Waals surface area contributed by atoms with Crippen LogP contribution in [0.2, 0.25) is 0 Å². The predicted molar refractivity (Wildman–Crippen MR) is 80.4 cm³/mol. The van der Waals surface area contributed by atoms with Crippen molar-refractivity contribution in [2.75, 3.05) is 7.05 Å². The molecule has 118 valence electrons. The van der Waals surface area contributed by atoms with Gasteiger partial charge in [0.1, 0.15) is 5.82 Å². The van der Waals surface area contributed by atoms with Gasteiger partial charge in [0.2, 0.25) is 0 Å². The summed E-state index contributed by atoms with van der Waals surface area (Å²) in [6.07, 6.45) is 2.48. The summed E-state index contributed by atoms with van der Waals surface area (Å²) in [5, 5.41) is 7.18. The molecule has 2 aromatic rings. The molecule has 1 aliphatic heterocycles. The van der Waals surface area contributed by atoms with Crippen molar-refractivity contribution in [2.24, 2.45) is 0 Å². The lowest BCUT2D eigenvalue weighted by atomic mass is 9.99. The molecule has 1 aliphatic rings. The molecule has 0 bridgehead atoms. The van der Waals surface area contributed by atoms with Gasteiger partial charge in [-0.25, -0.2) is 4.98 Å². The molecule has 0 fully saturated rings. The van der Waals surface area contributed by atoms with E-state index in [1.807, 2.05) is 20.8 Å². The molecule has 7 heteroatoms. The van der Waals surface area contributed by atoms with Crippen molar-refractivity contribution in [2.45, 2.75) is 45.9 Å². The van der Waals surface area contributed by atoms with Crippen LogP contribution in [0.25, 0.3) is 0 Å². The molecule has 0 saturated heterocycles. The summed E-state index contributed by atoms with van der Waals surface area (Å²) in [6.45, 7) is 6.34. The number of hydrogen-bond donors (Lipinski definition) is 2. The number of carbonyl (C=O) groups excluding carboxylic acids is 1. The van der Waals surface area contributed by atoms with Crippen molar-refractivity contribution in [3.8, 4) is 0 Å². The lowest BCUT2D eigenvalue weighted by molar-refractivity contribution is -0.00701. The van der Waals surface area contributed by atoms with E-state index in [0.29, 0.717) is 18.7 Å². The van der Waals surface area contributed by atoms with Crippen LogP contribution < -0.4 is 0 Å². The van der Waals surface area contributed by atoms with Gasteiger partial charge in [0.25, 0.3) is 5.91 Å². The van der Waals surface area contributed by atoms with Crippen molar-refractivity contribution in [3.63, 3.8) is 0 Å². The van der Waals surface area contributed by atoms with Gasteiger partial charge in [-0.05, 0) is 20.8 Å². The van der Waals surface area contributed by atoms with Gasteiger partial charge in [-0.2, -0.15) is 5.10 Å². The molecule has 0 saturated carbocycles. The zero-order chi connectivity index (χ0) is 15.9. The Bertz CT molecular complexity index is 690. The lowest BCUT2D eigenvalue weighted by Crippen LogP contribution is -2.29. The topological polar surface area (TPSA) is 86.9 Å². The van der Waals surface area contributed by atoms with E-state index in [9.17, 15) is 4.79 Å². The number of nitrogens with zero attached hydrogens (tertiary/aromatic N) is 3. The molecule has 2 aromatic heterocycles. The summed E-state index contributed by atoms with van der Waals surface area (Å²) in [4.78, 5) is 21.7. The summed E-state index contributed by atoms with van der Waals surface area (Å²) >= 11 is 0. The van der Waals surface area contributed by atoms with Crippen LogP contribution in [0.4, 0.5) is 0 Å². The number of aromatic amines is 2. The van der Waals surface area contributed by atoms with Crippen molar-refractivity contribution >= 4 is 5.91 Å². The van der Waals surface area contributed by atoms with E-state index in [1.165, 1.54) is 0 Å². The molecule has 0 spiro atoms. The van der Waals surface area contributed by atoms with Gasteiger partial charge in [-0.1, -0.05) is 0 Å². The molecule has 1 amide bonds. The molecule has 0 radical (unpaired) electrons. The molecule has 3 heterocycles. The molecule has 2 N–H and O–H groups in total. The molecule has 0 aliphatic carbocycles. The summed E-state index contributed by atoms with van der Waals surface area (Å²) in [5.41, 5.74) is 3.35. The summed E-state index contributed by atoms with van der Waals surface area (Å²) in [7, 11) is 1.76. The summed E-state index contributed by atoms with van der Waals surface area (Å²) in [5.74, 6) is 0.663. The van der Waals surface area contributed by atoms with Crippen LogP contribution in [-0.4, -0.2) is 44.1 Å². The quantitative estimate of drug-likeness (QED) is 0.904. The highest BCUT2D eigenvalue weighted by atomic mass is 16.5. The highest BCUT2D eigenvalue weighted by Gasteiger charge is 2.30. The number of H-pyrrole nitrogens is 2. The molecular weight excluding hydrogens is 282 g/mol. The fraction of sp³-hybridized carbons (Fsp3) is 0.533. The van der Waals surface area contributed by atoms with Crippen molar-refractivity contribution in [1.82, 2.24) is 25.1 Å². The number of hydrogen-bond acceptors (Lipinski definition) is 4. The monoisotopic (exact) mass is 303 g/mol. The minimum atomic E-state index is -0.104. The van der Waals surface area contributed by atoms with E-state index < -0.39 is 0 Å². The first-order valence-corrected chi connectivity index (χ1v) is 7.44. The minimum absolute atomic E-state index is 0.0640. The average Bonchev–Trinajstić information content (AvgIpc) is 3.04. The normalized spacial score (nSPS) is 20.7. The van der Waals surface area contributed by atoms with E-state index in [0.717, 1.165) is 22.8 Å². The molecule has 22 heavy (non-hydrogen) atoms. The second kappa shape index (κ2) is 5.57. The second-order valence-electron chi connectivity index (χ2n) is 5.93. The van der Waals surface area contributed by atoms with Gasteiger partial charge in [0.05, 0.1) is 24.4 Å². The highest BCUT2D eigenvalue weighted by molar-refractivity contribution is 5.93. The number of carbonyl (C=O) groups is 1. The number of rotatable bonds is 3. The van der Waals surface area contributed by atoms with Gasteiger partial charge in [0.15, 0.2) is 5.69 Å². The van der Waals surface area contributed by atoms with Crippen molar-refractivity contribution in [1.29, 1.82) is 0 Å². The van der Waals surface area contributed by atoms with Crippen LogP contribution in [0.3, 0.4) is 0 Å². The number of imidazole rings is 1. The standard InChI is InChI=1S/C15H21N5O2/c1-8-6-16-12(17-8)7-20(4)15(21)14-11-5-9(2)22-10(3)13(11)18-19-14/h6,9-10H,5,7H2,1-4H3,(H,16,17)(H,18,19)/t9-,10+/m1/s1. The smallest absolute Gasteiger partial charge is 0.274 e. The van der Waals surface area contributed by atoms with Crippen LogP contribution in [0, 0.1) is 6.92 Å². The van der Waals surface area contributed by atoms with Crippen LogP contribution in [0.15, 0.2) is 6.20 Å². The predicted octanol–water partition coefficient (Wildman–Crippen LogP) is 1.74. The first-order valence-electron chi connectivity index (χ1n) is 7.44. The highest BCUT2D eigenvalue weighted by Crippen LogP contribution is 2.30. The van der Waals surface area contributed by atoms with E-state index in [4.69, 9.17) is 4.74 Å². The van der Waals surface area contributed by atoms with Crippen LogP contribution in [0.1, 0.15) is 53.2 Å². The molecule has 7 nitrogen and oxygen atoms in total. The molecule has 3 rings (SSSR count). The zero-order valence-electron chi connectivity index (χ0n) is 13.3. The maximum Gasteiger partial charge on any atom is 0.274 e. The van der Waals surface area contributed by atoms with Gasteiger partial charge in [-0.15, -0.1) is 0 Å². The van der Waals surface area contributed by atoms with Crippen LogP contribution in [0.5, 0.6) is 0 Å². The molecule has 0 unspecified atom stereocenters. The number of nitrogens with one attached hydrogen (secondary N) is 2. The maximum atomic E-state index is 12.7. The van der Waals surface area contributed by atoms with Crippen LogP contribution >= 0.6 is 0 Å². The fourth-order valence-corrected chi connectivity index (χ4v) is 2.87. The maximum absolute atomic E-state index is 12.7. The Morgan fingerprint density at radius 3 is 2.95 bits per heavy atom. The SMILES string of the molecule is Cc1cnc(CN(C)C(=O)c2n[nH]c3c2C[C@@H](C)O[C@H]3C)[nH]1. The number of amides is 1. The summed E-state index contributed by atoms with van der Waals surface area (Å²) in [6, 6.07) is 0. The molecular formula is C15H21N5O2. The first-order chi connectivity index (χ1) is 10.5. The summed E-state index contributed by atoms with van der Waals surface area (Å²) < 4.78 is 5.75. The zero-order valence-corrected chi connectivity index (χ0v) is 13.3. The Hall–Kier alpha value is -2.15. The average molecular weight is 303 g/mol. The van der Waals surface area contributed by atoms with E-state index in [2.05, 4.69) is 20.2 Å². The first kappa shape index (κ1) is 14.8. The molecule has 2 atom stereocenters. The third-order valence-corrected chi connectivity index (χ3v) is 3.93. The van der Waals surface area contributed by atoms with Gasteiger partial charge >= 0.3 is 0 Å². The Morgan fingerprint density at radius 1 is 1.50 bits per heavy atom. The Kier molecular flexibility index (Phi) is 3.74. The van der Waals surface area contributed by atoms with Gasteiger partial charge in [0, 0.05) is 30.9 Å².